The summed E-state index contributed by atoms with van der Waals surface area (Å²) in [6.45, 7) is 12.3. The number of rotatable bonds is 3. The van der Waals surface area contributed by atoms with E-state index in [0.717, 1.165) is 11.1 Å². The molecule has 0 radical (unpaired) electrons. The van der Waals surface area contributed by atoms with Gasteiger partial charge in [-0.25, -0.2) is 0 Å². The predicted molar refractivity (Wildman–Crippen MR) is 84.7 cm³/mol. The van der Waals surface area contributed by atoms with Gasteiger partial charge in [0.1, 0.15) is 5.75 Å². The summed E-state index contributed by atoms with van der Waals surface area (Å²) in [4.78, 5) is 10.9. The lowest BCUT2D eigenvalue weighted by atomic mass is 9.78. The van der Waals surface area contributed by atoms with Gasteiger partial charge < -0.3 is 15.9 Å². The highest BCUT2D eigenvalue weighted by molar-refractivity contribution is 5.68. The summed E-state index contributed by atoms with van der Waals surface area (Å²) in [6.07, 6.45) is -0.204. The lowest BCUT2D eigenvalue weighted by molar-refractivity contribution is -0.137. The SMILES string of the molecule is CC(C)(C)c1cc(C(N)CC(=O)O)c(O)c(C(C)(C)C)c1. The lowest BCUT2D eigenvalue weighted by Crippen LogP contribution is -2.21. The van der Waals surface area contributed by atoms with Crippen molar-refractivity contribution in [2.75, 3.05) is 0 Å². The van der Waals surface area contributed by atoms with Gasteiger partial charge in [-0.3, -0.25) is 4.79 Å². The zero-order chi connectivity index (χ0) is 16.6. The molecule has 0 aliphatic carbocycles. The van der Waals surface area contributed by atoms with Crippen LogP contribution in [0.3, 0.4) is 0 Å². The van der Waals surface area contributed by atoms with Gasteiger partial charge in [-0.15, -0.1) is 0 Å². The van der Waals surface area contributed by atoms with E-state index in [-0.39, 0.29) is 23.0 Å². The van der Waals surface area contributed by atoms with E-state index in [1.54, 1.807) is 0 Å². The third kappa shape index (κ3) is 4.21. The lowest BCUT2D eigenvalue weighted by Gasteiger charge is -2.28. The molecule has 4 nitrogen and oxygen atoms in total. The van der Waals surface area contributed by atoms with E-state index in [1.165, 1.54) is 0 Å². The van der Waals surface area contributed by atoms with Crippen LogP contribution in [0.1, 0.15) is 70.7 Å². The van der Waals surface area contributed by atoms with Crippen molar-refractivity contribution in [3.8, 4) is 5.75 Å². The van der Waals surface area contributed by atoms with Gasteiger partial charge in [0.25, 0.3) is 0 Å². The minimum Gasteiger partial charge on any atom is -0.507 e. The van der Waals surface area contributed by atoms with Crippen LogP contribution >= 0.6 is 0 Å². The highest BCUT2D eigenvalue weighted by Crippen LogP contribution is 2.39. The van der Waals surface area contributed by atoms with E-state index in [1.807, 2.05) is 32.9 Å². The first-order valence-electron chi connectivity index (χ1n) is 7.19. The highest BCUT2D eigenvalue weighted by atomic mass is 16.4. The zero-order valence-electron chi connectivity index (χ0n) is 13.8. The number of aliphatic carboxylic acids is 1. The largest absolute Gasteiger partial charge is 0.507 e. The first kappa shape index (κ1) is 17.5. The summed E-state index contributed by atoms with van der Waals surface area (Å²) >= 11 is 0. The quantitative estimate of drug-likeness (QED) is 0.797. The normalized spacial score (nSPS) is 14.0. The topological polar surface area (TPSA) is 83.6 Å². The van der Waals surface area contributed by atoms with E-state index in [0.29, 0.717) is 5.56 Å². The number of phenols is 1. The molecule has 0 spiro atoms. The van der Waals surface area contributed by atoms with Crippen LogP contribution in [0.4, 0.5) is 0 Å². The number of carbonyl (C=O) groups is 1. The summed E-state index contributed by atoms with van der Waals surface area (Å²) < 4.78 is 0. The van der Waals surface area contributed by atoms with Crippen molar-refractivity contribution in [1.29, 1.82) is 0 Å². The molecule has 0 aliphatic heterocycles. The van der Waals surface area contributed by atoms with Crippen LogP contribution in [-0.2, 0) is 15.6 Å². The number of nitrogens with two attached hydrogens (primary N) is 1. The fraction of sp³-hybridized carbons (Fsp3) is 0.588. The predicted octanol–water partition coefficient (Wildman–Crippen LogP) is 3.46. The summed E-state index contributed by atoms with van der Waals surface area (Å²) in [6, 6.07) is 3.11. The molecule has 4 N–H and O–H groups in total. The summed E-state index contributed by atoms with van der Waals surface area (Å²) in [5.41, 5.74) is 7.98. The Hall–Kier alpha value is -1.55. The Morgan fingerprint density at radius 1 is 1.14 bits per heavy atom. The molecule has 0 amide bonds. The average Bonchev–Trinajstić information content (AvgIpc) is 2.24. The van der Waals surface area contributed by atoms with Gasteiger partial charge >= 0.3 is 5.97 Å². The second-order valence-corrected chi connectivity index (χ2v) is 7.67. The van der Waals surface area contributed by atoms with Gasteiger partial charge in [0, 0.05) is 11.6 Å². The Bertz CT molecular complexity index is 536. The fourth-order valence-corrected chi connectivity index (χ4v) is 2.24. The van der Waals surface area contributed by atoms with Crippen molar-refractivity contribution in [3.05, 3.63) is 28.8 Å². The molecule has 1 aromatic carbocycles. The van der Waals surface area contributed by atoms with Crippen molar-refractivity contribution >= 4 is 5.97 Å². The van der Waals surface area contributed by atoms with E-state index in [4.69, 9.17) is 10.8 Å². The molecule has 0 saturated carbocycles. The molecule has 21 heavy (non-hydrogen) atoms. The maximum absolute atomic E-state index is 10.9. The Balaban J connectivity index is 3.52. The van der Waals surface area contributed by atoms with Crippen LogP contribution in [0.5, 0.6) is 5.75 Å². The number of aromatic hydroxyl groups is 1. The molecular weight excluding hydrogens is 266 g/mol. The monoisotopic (exact) mass is 293 g/mol. The first-order chi connectivity index (χ1) is 9.34. The standard InChI is InChI=1S/C17H27NO3/c1-16(2,3)10-7-11(13(18)9-14(19)20)15(21)12(8-10)17(4,5)6/h7-8,13,21H,9,18H2,1-6H3,(H,19,20). The van der Waals surface area contributed by atoms with Crippen LogP contribution in [0.15, 0.2) is 12.1 Å². The molecular formula is C17H27NO3. The smallest absolute Gasteiger partial charge is 0.305 e. The van der Waals surface area contributed by atoms with Crippen LogP contribution in [-0.4, -0.2) is 16.2 Å². The maximum atomic E-state index is 10.9. The zero-order valence-corrected chi connectivity index (χ0v) is 13.8. The number of hydrogen-bond acceptors (Lipinski definition) is 3. The van der Waals surface area contributed by atoms with Gasteiger partial charge in [0.2, 0.25) is 0 Å². The molecule has 0 bridgehead atoms. The van der Waals surface area contributed by atoms with Crippen molar-refractivity contribution < 1.29 is 15.0 Å². The first-order valence-corrected chi connectivity index (χ1v) is 7.19. The molecule has 0 aromatic heterocycles. The number of phenolic OH excluding ortho intramolecular Hbond substituents is 1. The number of hydrogen-bond donors (Lipinski definition) is 3. The van der Waals surface area contributed by atoms with Gasteiger partial charge in [0.15, 0.2) is 0 Å². The third-order valence-corrected chi connectivity index (χ3v) is 3.61. The van der Waals surface area contributed by atoms with Crippen LogP contribution in [0, 0.1) is 0 Å². The second kappa shape index (κ2) is 5.68. The van der Waals surface area contributed by atoms with Crippen LogP contribution in [0.25, 0.3) is 0 Å². The maximum Gasteiger partial charge on any atom is 0.305 e. The minimum atomic E-state index is -0.972. The minimum absolute atomic E-state index is 0.106. The van der Waals surface area contributed by atoms with Crippen molar-refractivity contribution in [2.24, 2.45) is 5.73 Å². The Labute approximate surface area is 127 Å². The highest BCUT2D eigenvalue weighted by Gasteiger charge is 2.27. The van der Waals surface area contributed by atoms with Gasteiger partial charge in [-0.05, 0) is 28.0 Å². The van der Waals surface area contributed by atoms with Crippen molar-refractivity contribution in [3.63, 3.8) is 0 Å². The van der Waals surface area contributed by atoms with Crippen molar-refractivity contribution in [2.45, 2.75) is 64.8 Å². The third-order valence-electron chi connectivity index (χ3n) is 3.61. The molecule has 0 heterocycles. The Kier molecular flexibility index (Phi) is 4.73. The molecule has 4 heteroatoms. The van der Waals surface area contributed by atoms with E-state index in [9.17, 15) is 9.90 Å². The van der Waals surface area contributed by atoms with E-state index in [2.05, 4.69) is 20.8 Å². The molecule has 1 aromatic rings. The second-order valence-electron chi connectivity index (χ2n) is 7.67. The fourth-order valence-electron chi connectivity index (χ4n) is 2.24. The van der Waals surface area contributed by atoms with Crippen LogP contribution in [0.2, 0.25) is 0 Å². The number of carboxylic acid groups (broad SMARTS) is 1. The summed E-state index contributed by atoms with van der Waals surface area (Å²) in [5, 5.41) is 19.5. The Morgan fingerprint density at radius 3 is 2.05 bits per heavy atom. The molecule has 1 rings (SSSR count). The molecule has 0 aliphatic rings. The van der Waals surface area contributed by atoms with Crippen molar-refractivity contribution in [1.82, 2.24) is 0 Å². The van der Waals surface area contributed by atoms with Gasteiger partial charge in [0.05, 0.1) is 6.42 Å². The van der Waals surface area contributed by atoms with E-state index >= 15 is 0 Å². The molecule has 1 unspecified atom stereocenters. The average molecular weight is 293 g/mol. The molecule has 1 atom stereocenters. The molecule has 0 fully saturated rings. The molecule has 0 saturated heterocycles. The van der Waals surface area contributed by atoms with Gasteiger partial charge in [-0.2, -0.15) is 0 Å². The van der Waals surface area contributed by atoms with E-state index < -0.39 is 12.0 Å². The van der Waals surface area contributed by atoms with Crippen LogP contribution < -0.4 is 5.73 Å². The summed E-state index contributed by atoms with van der Waals surface area (Å²) in [7, 11) is 0. The van der Waals surface area contributed by atoms with Gasteiger partial charge in [-0.1, -0.05) is 47.6 Å². The number of carboxylic acids is 1. The summed E-state index contributed by atoms with van der Waals surface area (Å²) in [5.74, 6) is -0.857. The number of benzene rings is 1. The Morgan fingerprint density at radius 2 is 1.67 bits per heavy atom. The molecule has 118 valence electrons.